The molecule has 11 heavy (non-hydrogen) atoms. The van der Waals surface area contributed by atoms with E-state index in [0.29, 0.717) is 0 Å². The third-order valence-electron chi connectivity index (χ3n) is 2.18. The lowest BCUT2D eigenvalue weighted by Gasteiger charge is -2.27. The maximum absolute atomic E-state index is 10.2. The summed E-state index contributed by atoms with van der Waals surface area (Å²) in [4.78, 5) is 12.6. The molecule has 1 fully saturated rings. The molecule has 0 aromatic carbocycles. The molecule has 1 aliphatic heterocycles. The molecule has 1 unspecified atom stereocenters. The van der Waals surface area contributed by atoms with Crippen molar-refractivity contribution in [1.29, 1.82) is 0 Å². The van der Waals surface area contributed by atoms with Crippen molar-refractivity contribution >= 4 is 6.29 Å². The molecule has 2 nitrogen and oxygen atoms in total. The highest BCUT2D eigenvalue weighted by atomic mass is 16.1. The molecule has 1 heterocycles. The fourth-order valence-electron chi connectivity index (χ4n) is 1.57. The molecule has 0 aromatic rings. The summed E-state index contributed by atoms with van der Waals surface area (Å²) in [6, 6.07) is 0. The number of carbonyl (C=O) groups excluding carboxylic acids is 1. The number of rotatable bonds is 3. The predicted molar refractivity (Wildman–Crippen MR) is 45.1 cm³/mol. The van der Waals surface area contributed by atoms with Crippen LogP contribution in [0.25, 0.3) is 0 Å². The Morgan fingerprint density at radius 2 is 2.00 bits per heavy atom. The van der Waals surface area contributed by atoms with Crippen LogP contribution in [0.1, 0.15) is 26.2 Å². The molecule has 1 aliphatic rings. The number of hydrogen-bond donors (Lipinski definition) is 0. The second-order valence-electron chi connectivity index (χ2n) is 3.38. The predicted octanol–water partition coefficient (Wildman–Crippen LogP) is 1.22. The van der Waals surface area contributed by atoms with Crippen LogP contribution in [0, 0.1) is 5.92 Å². The maximum atomic E-state index is 10.2. The monoisotopic (exact) mass is 154 g/mol. The van der Waals surface area contributed by atoms with Crippen molar-refractivity contribution in [2.75, 3.05) is 19.6 Å². The first-order valence-corrected chi connectivity index (χ1v) is 4.43. The van der Waals surface area contributed by atoms with Crippen LogP contribution in [-0.4, -0.2) is 30.8 Å². The maximum Gasteiger partial charge on any atom is 0.202 e. The number of hydrogen-bond acceptors (Lipinski definition) is 2. The minimum Gasteiger partial charge on any atom is -0.303 e. The van der Waals surface area contributed by atoms with Crippen LogP contribution in [0.2, 0.25) is 0 Å². The quantitative estimate of drug-likeness (QED) is 0.609. The van der Waals surface area contributed by atoms with Gasteiger partial charge in [-0.2, -0.15) is 0 Å². The van der Waals surface area contributed by atoms with Gasteiger partial charge in [-0.15, -0.1) is 0 Å². The summed E-state index contributed by atoms with van der Waals surface area (Å²) in [5, 5.41) is 0. The summed E-state index contributed by atoms with van der Waals surface area (Å²) in [6.45, 7) is 5.18. The first kappa shape index (κ1) is 8.72. The fraction of sp³-hybridized carbons (Fsp3) is 0.889. The smallest absolute Gasteiger partial charge is 0.202 e. The first-order valence-electron chi connectivity index (χ1n) is 4.43. The van der Waals surface area contributed by atoms with E-state index in [4.69, 9.17) is 0 Å². The molecule has 0 aromatic heterocycles. The molecule has 0 N–H and O–H groups in total. The largest absolute Gasteiger partial charge is 0.303 e. The van der Waals surface area contributed by atoms with Gasteiger partial charge in [0.2, 0.25) is 6.29 Å². The zero-order chi connectivity index (χ0) is 8.10. The van der Waals surface area contributed by atoms with E-state index in [1.807, 2.05) is 13.2 Å². The Morgan fingerprint density at radius 3 is 2.55 bits per heavy atom. The van der Waals surface area contributed by atoms with E-state index in [1.165, 1.54) is 32.4 Å². The van der Waals surface area contributed by atoms with Gasteiger partial charge >= 0.3 is 0 Å². The molecular formula is C9H16NO. The lowest BCUT2D eigenvalue weighted by atomic mass is 10.1. The van der Waals surface area contributed by atoms with Gasteiger partial charge in [0.1, 0.15) is 0 Å². The molecular weight excluding hydrogens is 138 g/mol. The lowest BCUT2D eigenvalue weighted by molar-refractivity contribution is 0.216. The highest BCUT2D eigenvalue weighted by Crippen LogP contribution is 2.09. The SMILES string of the molecule is CC([C]=O)CN1CCCCC1. The van der Waals surface area contributed by atoms with Gasteiger partial charge < -0.3 is 4.90 Å². The summed E-state index contributed by atoms with van der Waals surface area (Å²) in [6.07, 6.45) is 5.97. The summed E-state index contributed by atoms with van der Waals surface area (Å²) < 4.78 is 0. The zero-order valence-electron chi connectivity index (χ0n) is 7.18. The van der Waals surface area contributed by atoms with E-state index in [2.05, 4.69) is 4.90 Å². The summed E-state index contributed by atoms with van der Waals surface area (Å²) in [7, 11) is 0. The second kappa shape index (κ2) is 4.50. The first-order chi connectivity index (χ1) is 5.33. The van der Waals surface area contributed by atoms with Crippen molar-refractivity contribution in [3.05, 3.63) is 0 Å². The van der Waals surface area contributed by atoms with Gasteiger partial charge in [-0.3, -0.25) is 4.79 Å². The standard InChI is InChI=1S/C9H16NO/c1-9(8-11)7-10-5-3-2-4-6-10/h9H,2-7H2,1H3. The summed E-state index contributed by atoms with van der Waals surface area (Å²) in [5.41, 5.74) is 0. The van der Waals surface area contributed by atoms with Crippen molar-refractivity contribution in [3.8, 4) is 0 Å². The van der Waals surface area contributed by atoms with Crippen molar-refractivity contribution in [2.45, 2.75) is 26.2 Å². The average molecular weight is 154 g/mol. The van der Waals surface area contributed by atoms with Crippen LogP contribution < -0.4 is 0 Å². The average Bonchev–Trinajstić information content (AvgIpc) is 2.06. The summed E-state index contributed by atoms with van der Waals surface area (Å²) in [5.74, 6) is 0.0908. The molecule has 1 saturated heterocycles. The third kappa shape index (κ3) is 3.02. The number of piperidine rings is 1. The van der Waals surface area contributed by atoms with Crippen LogP contribution in [0.4, 0.5) is 0 Å². The third-order valence-corrected chi connectivity index (χ3v) is 2.18. The van der Waals surface area contributed by atoms with Crippen molar-refractivity contribution in [1.82, 2.24) is 4.90 Å². The Labute approximate surface area is 68.6 Å². The van der Waals surface area contributed by atoms with Crippen LogP contribution >= 0.6 is 0 Å². The van der Waals surface area contributed by atoms with Gasteiger partial charge in [-0.05, 0) is 25.9 Å². The van der Waals surface area contributed by atoms with Gasteiger partial charge in [-0.1, -0.05) is 13.3 Å². The highest BCUT2D eigenvalue weighted by molar-refractivity contribution is 5.54. The van der Waals surface area contributed by atoms with Crippen LogP contribution in [0.5, 0.6) is 0 Å². The zero-order valence-corrected chi connectivity index (χ0v) is 7.18. The van der Waals surface area contributed by atoms with Crippen molar-refractivity contribution in [3.63, 3.8) is 0 Å². The normalized spacial score (nSPS) is 23.0. The number of likely N-dealkylation sites (tertiary alicyclic amines) is 1. The van der Waals surface area contributed by atoms with E-state index in [-0.39, 0.29) is 5.92 Å². The lowest BCUT2D eigenvalue weighted by Crippen LogP contribution is -2.33. The van der Waals surface area contributed by atoms with Crippen molar-refractivity contribution < 1.29 is 4.79 Å². The topological polar surface area (TPSA) is 20.3 Å². The molecule has 0 bridgehead atoms. The Morgan fingerprint density at radius 1 is 1.36 bits per heavy atom. The molecule has 1 radical (unpaired) electrons. The van der Waals surface area contributed by atoms with Crippen LogP contribution in [0.3, 0.4) is 0 Å². The molecule has 1 rings (SSSR count). The Balaban J connectivity index is 2.18. The minimum absolute atomic E-state index is 0.0908. The summed E-state index contributed by atoms with van der Waals surface area (Å²) >= 11 is 0. The second-order valence-corrected chi connectivity index (χ2v) is 3.38. The number of nitrogens with zero attached hydrogens (tertiary/aromatic N) is 1. The van der Waals surface area contributed by atoms with Crippen LogP contribution in [-0.2, 0) is 4.79 Å². The van der Waals surface area contributed by atoms with Gasteiger partial charge in [0.15, 0.2) is 0 Å². The van der Waals surface area contributed by atoms with E-state index in [1.54, 1.807) is 0 Å². The van der Waals surface area contributed by atoms with Crippen molar-refractivity contribution in [2.24, 2.45) is 5.92 Å². The molecule has 1 atom stereocenters. The van der Waals surface area contributed by atoms with Gasteiger partial charge in [0.05, 0.1) is 0 Å². The molecule has 0 saturated carbocycles. The Bertz CT molecular complexity index is 119. The van der Waals surface area contributed by atoms with E-state index in [9.17, 15) is 4.79 Å². The molecule has 0 aliphatic carbocycles. The van der Waals surface area contributed by atoms with Crippen LogP contribution in [0.15, 0.2) is 0 Å². The molecule has 2 heteroatoms. The van der Waals surface area contributed by atoms with Gasteiger partial charge in [0, 0.05) is 12.5 Å². The molecule has 63 valence electrons. The molecule has 0 amide bonds. The van der Waals surface area contributed by atoms with Gasteiger partial charge in [0.25, 0.3) is 0 Å². The minimum atomic E-state index is 0.0908. The Hall–Kier alpha value is -0.370. The van der Waals surface area contributed by atoms with E-state index >= 15 is 0 Å². The van der Waals surface area contributed by atoms with Gasteiger partial charge in [-0.25, -0.2) is 0 Å². The fourth-order valence-corrected chi connectivity index (χ4v) is 1.57. The highest BCUT2D eigenvalue weighted by Gasteiger charge is 2.12. The van der Waals surface area contributed by atoms with E-state index < -0.39 is 0 Å². The Kier molecular flexibility index (Phi) is 3.57. The molecule has 0 spiro atoms. The van der Waals surface area contributed by atoms with E-state index in [0.717, 1.165) is 6.54 Å².